The van der Waals surface area contributed by atoms with Crippen LogP contribution >= 0.6 is 0 Å². The molecule has 11 heteroatoms. The summed E-state index contributed by atoms with van der Waals surface area (Å²) in [4.78, 5) is 33.3. The molecule has 244 valence electrons. The van der Waals surface area contributed by atoms with E-state index in [4.69, 9.17) is 19.6 Å². The number of fused-ring (bicyclic) bond motifs is 1. The third-order valence-corrected chi connectivity index (χ3v) is 8.14. The molecule has 11 nitrogen and oxygen atoms in total. The van der Waals surface area contributed by atoms with Crippen LogP contribution in [0.15, 0.2) is 60.7 Å². The zero-order valence-electron chi connectivity index (χ0n) is 27.5. The number of aryl methyl sites for hydroxylation is 2. The Morgan fingerprint density at radius 1 is 1.09 bits per heavy atom. The van der Waals surface area contributed by atoms with E-state index in [1.807, 2.05) is 54.2 Å². The number of likely N-dealkylation sites (tertiary alicyclic amines) is 1. The molecule has 4 aromatic rings. The van der Waals surface area contributed by atoms with E-state index in [0.717, 1.165) is 59.5 Å². The fourth-order valence-corrected chi connectivity index (χ4v) is 6.02. The summed E-state index contributed by atoms with van der Waals surface area (Å²) in [5, 5.41) is 19.1. The number of anilines is 1. The molecular weight excluding hydrogens is 584 g/mol. The maximum Gasteiger partial charge on any atom is 0.411 e. The molecule has 2 aromatic carbocycles. The molecule has 0 radical (unpaired) electrons. The van der Waals surface area contributed by atoms with Gasteiger partial charge in [-0.15, -0.1) is 0 Å². The molecule has 2 N–H and O–H groups in total. The van der Waals surface area contributed by atoms with Gasteiger partial charge in [0.1, 0.15) is 23.2 Å². The Bertz CT molecular complexity index is 1680. The van der Waals surface area contributed by atoms with Crippen LogP contribution in [0.3, 0.4) is 0 Å². The van der Waals surface area contributed by atoms with Gasteiger partial charge in [-0.1, -0.05) is 30.3 Å². The van der Waals surface area contributed by atoms with Crippen molar-refractivity contribution in [1.29, 1.82) is 0 Å². The van der Waals surface area contributed by atoms with Crippen molar-refractivity contribution >= 4 is 28.8 Å². The SMILES string of the molecule is COc1ccc(CN(C)CCCc2c3c(-c4cccc(N[C@H]5C[C@@H](C(=O)O)N(C(=O)OC(C)(C)C)C5)n4)cccc3nn2C)cc1. The van der Waals surface area contributed by atoms with Crippen molar-refractivity contribution in [3.63, 3.8) is 0 Å². The molecule has 0 saturated carbocycles. The molecule has 1 aliphatic rings. The molecule has 3 heterocycles. The van der Waals surface area contributed by atoms with E-state index in [9.17, 15) is 14.7 Å². The summed E-state index contributed by atoms with van der Waals surface area (Å²) in [6.07, 6.45) is 1.43. The van der Waals surface area contributed by atoms with Gasteiger partial charge in [-0.05, 0) is 83.1 Å². The third kappa shape index (κ3) is 7.77. The smallest absolute Gasteiger partial charge is 0.411 e. The number of nitrogens with zero attached hydrogens (tertiary/aromatic N) is 5. The summed E-state index contributed by atoms with van der Waals surface area (Å²) in [6.45, 7) is 7.27. The van der Waals surface area contributed by atoms with Crippen molar-refractivity contribution in [2.75, 3.05) is 32.6 Å². The molecule has 2 aromatic heterocycles. The lowest BCUT2D eigenvalue weighted by atomic mass is 10.0. The quantitative estimate of drug-likeness (QED) is 0.219. The molecule has 1 amide bonds. The van der Waals surface area contributed by atoms with E-state index in [2.05, 4.69) is 35.5 Å². The summed E-state index contributed by atoms with van der Waals surface area (Å²) in [5.74, 6) is 0.413. The topological polar surface area (TPSA) is 122 Å². The average Bonchev–Trinajstić information content (AvgIpc) is 3.57. The predicted molar refractivity (Wildman–Crippen MR) is 178 cm³/mol. The zero-order chi connectivity index (χ0) is 33.0. The number of ether oxygens (including phenoxy) is 2. The van der Waals surface area contributed by atoms with Crippen molar-refractivity contribution in [2.45, 2.75) is 64.3 Å². The van der Waals surface area contributed by atoms with Crippen molar-refractivity contribution in [2.24, 2.45) is 7.05 Å². The Kier molecular flexibility index (Phi) is 9.81. The molecule has 1 fully saturated rings. The van der Waals surface area contributed by atoms with Crippen LogP contribution in [0.5, 0.6) is 5.75 Å². The van der Waals surface area contributed by atoms with Gasteiger partial charge in [-0.3, -0.25) is 9.58 Å². The molecule has 1 saturated heterocycles. The van der Waals surface area contributed by atoms with E-state index < -0.39 is 23.7 Å². The van der Waals surface area contributed by atoms with Crippen LogP contribution in [0.25, 0.3) is 22.2 Å². The van der Waals surface area contributed by atoms with Gasteiger partial charge in [-0.2, -0.15) is 5.10 Å². The Morgan fingerprint density at radius 3 is 2.52 bits per heavy atom. The van der Waals surface area contributed by atoms with Crippen molar-refractivity contribution in [3.05, 3.63) is 71.9 Å². The molecule has 0 bridgehead atoms. The third-order valence-electron chi connectivity index (χ3n) is 8.14. The summed E-state index contributed by atoms with van der Waals surface area (Å²) < 4.78 is 12.7. The largest absolute Gasteiger partial charge is 0.497 e. The number of nitrogens with one attached hydrogen (secondary N) is 1. The lowest BCUT2D eigenvalue weighted by molar-refractivity contribution is -0.142. The minimum Gasteiger partial charge on any atom is -0.497 e. The Morgan fingerprint density at radius 2 is 1.83 bits per heavy atom. The van der Waals surface area contributed by atoms with Crippen molar-refractivity contribution in [1.82, 2.24) is 24.6 Å². The van der Waals surface area contributed by atoms with Crippen LogP contribution < -0.4 is 10.1 Å². The molecule has 5 rings (SSSR count). The maximum absolute atomic E-state index is 12.8. The van der Waals surface area contributed by atoms with Gasteiger partial charge in [0, 0.05) is 49.2 Å². The first-order valence-electron chi connectivity index (χ1n) is 15.6. The number of benzene rings is 2. The molecule has 0 aliphatic carbocycles. The van der Waals surface area contributed by atoms with Crippen LogP contribution in [0.1, 0.15) is 44.9 Å². The summed E-state index contributed by atoms with van der Waals surface area (Å²) in [6, 6.07) is 18.8. The van der Waals surface area contributed by atoms with Gasteiger partial charge in [0.05, 0.1) is 18.3 Å². The molecule has 0 unspecified atom stereocenters. The highest BCUT2D eigenvalue weighted by Gasteiger charge is 2.41. The standard InChI is InChI=1S/C35H44N6O5/c1-35(2,3)46-34(44)41-22-24(20-30(41)33(42)43)36-31-14-8-11-27(37-31)26-10-7-12-28-32(26)29(40(5)38-28)13-9-19-39(4)21-23-15-17-25(45-6)18-16-23/h7-8,10-12,14-18,24,30H,9,13,19-22H2,1-6H3,(H,36,37)(H,42,43)/t24-,30-/m0/s1. The first-order valence-corrected chi connectivity index (χ1v) is 15.6. The average molecular weight is 629 g/mol. The van der Waals surface area contributed by atoms with Gasteiger partial charge in [0.15, 0.2) is 0 Å². The molecule has 46 heavy (non-hydrogen) atoms. The second-order valence-electron chi connectivity index (χ2n) is 12.9. The molecular formula is C35H44N6O5. The van der Waals surface area contributed by atoms with E-state index in [1.165, 1.54) is 10.5 Å². The number of amides is 1. The number of pyridine rings is 1. The van der Waals surface area contributed by atoms with Crippen LogP contribution in [0.2, 0.25) is 0 Å². The van der Waals surface area contributed by atoms with Gasteiger partial charge >= 0.3 is 12.1 Å². The first-order chi connectivity index (χ1) is 21.9. The number of carbonyl (C=O) groups excluding carboxylic acids is 1. The lowest BCUT2D eigenvalue weighted by Crippen LogP contribution is -2.43. The van der Waals surface area contributed by atoms with E-state index >= 15 is 0 Å². The normalized spacial score (nSPS) is 16.6. The minimum absolute atomic E-state index is 0.201. The Labute approximate surface area is 270 Å². The fraction of sp³-hybridized carbons (Fsp3) is 0.429. The maximum atomic E-state index is 12.8. The highest BCUT2D eigenvalue weighted by atomic mass is 16.6. The first kappa shape index (κ1) is 32.7. The van der Waals surface area contributed by atoms with Crippen molar-refractivity contribution < 1.29 is 24.2 Å². The lowest BCUT2D eigenvalue weighted by Gasteiger charge is -2.26. The summed E-state index contributed by atoms with van der Waals surface area (Å²) in [5.41, 5.74) is 4.36. The predicted octanol–water partition coefficient (Wildman–Crippen LogP) is 5.58. The van der Waals surface area contributed by atoms with Gasteiger partial charge < -0.3 is 24.8 Å². The Hall–Kier alpha value is -4.64. The number of rotatable bonds is 11. The number of hydrogen-bond acceptors (Lipinski definition) is 8. The van der Waals surface area contributed by atoms with Crippen LogP contribution in [0.4, 0.5) is 10.6 Å². The summed E-state index contributed by atoms with van der Waals surface area (Å²) >= 11 is 0. The van der Waals surface area contributed by atoms with Gasteiger partial charge in [-0.25, -0.2) is 14.6 Å². The second-order valence-corrected chi connectivity index (χ2v) is 12.9. The number of carbonyl (C=O) groups is 2. The minimum atomic E-state index is -1.06. The molecule has 1 aliphatic heterocycles. The fourth-order valence-electron chi connectivity index (χ4n) is 6.02. The van der Waals surface area contributed by atoms with Crippen LogP contribution in [-0.4, -0.2) is 86.7 Å². The monoisotopic (exact) mass is 628 g/mol. The van der Waals surface area contributed by atoms with Crippen molar-refractivity contribution in [3.8, 4) is 17.0 Å². The number of aromatic nitrogens is 3. The number of carboxylic acid groups (broad SMARTS) is 1. The van der Waals surface area contributed by atoms with E-state index in [-0.39, 0.29) is 19.0 Å². The number of carboxylic acids is 1. The van der Waals surface area contributed by atoms with Gasteiger partial charge in [0.2, 0.25) is 0 Å². The second kappa shape index (κ2) is 13.8. The highest BCUT2D eigenvalue weighted by Crippen LogP contribution is 2.32. The van der Waals surface area contributed by atoms with Crippen LogP contribution in [0, 0.1) is 0 Å². The highest BCUT2D eigenvalue weighted by molar-refractivity contribution is 5.96. The number of methoxy groups -OCH3 is 1. The zero-order valence-corrected chi connectivity index (χ0v) is 27.5. The molecule has 2 atom stereocenters. The van der Waals surface area contributed by atoms with E-state index in [1.54, 1.807) is 27.9 Å². The van der Waals surface area contributed by atoms with Gasteiger partial charge in [0.25, 0.3) is 0 Å². The Balaban J connectivity index is 1.29. The summed E-state index contributed by atoms with van der Waals surface area (Å²) in [7, 11) is 5.80. The van der Waals surface area contributed by atoms with E-state index in [0.29, 0.717) is 5.82 Å². The molecule has 0 spiro atoms. The van der Waals surface area contributed by atoms with Crippen LogP contribution in [-0.2, 0) is 29.5 Å². The number of hydrogen-bond donors (Lipinski definition) is 2. The number of aliphatic carboxylic acids is 1.